The van der Waals surface area contributed by atoms with E-state index in [1.165, 1.54) is 89.8 Å². The van der Waals surface area contributed by atoms with Gasteiger partial charge < -0.3 is 29.4 Å². The van der Waals surface area contributed by atoms with E-state index >= 15 is 0 Å². The van der Waals surface area contributed by atoms with Gasteiger partial charge in [0, 0.05) is 119 Å². The van der Waals surface area contributed by atoms with E-state index in [-0.39, 0.29) is 29.7 Å². The summed E-state index contributed by atoms with van der Waals surface area (Å²) in [5.41, 5.74) is 23.2. The average molecular weight is 1560 g/mol. The van der Waals surface area contributed by atoms with E-state index in [2.05, 4.69) is 332 Å². The lowest BCUT2D eigenvalue weighted by molar-refractivity contribution is 0.469. The molecule has 0 aromatic heterocycles. The predicted molar refractivity (Wildman–Crippen MR) is 549 cm³/mol. The fraction of sp³-hybridized carbons (Fsp3) is 0.657. The summed E-state index contributed by atoms with van der Waals surface area (Å²) in [6.07, 6.45) is 11.1. The van der Waals surface area contributed by atoms with E-state index in [1.54, 1.807) is 0 Å². The van der Waals surface area contributed by atoms with E-state index in [0.29, 0.717) is 5.41 Å². The van der Waals surface area contributed by atoms with Crippen molar-refractivity contribution < 1.29 is 0 Å². The molecule has 6 nitrogen and oxygen atoms in total. The number of rotatable bonds is 16. The first-order chi connectivity index (χ1) is 51.3. The van der Waals surface area contributed by atoms with Crippen LogP contribution in [-0.4, -0.2) is 84.6 Å². The minimum absolute atomic E-state index is 0. The number of benzene rings is 6. The molecule has 0 atom stereocenters. The molecular weight excluding hydrogens is 1350 g/mol. The van der Waals surface area contributed by atoms with Gasteiger partial charge in [0.05, 0.1) is 0 Å². The molecule has 0 aliphatic heterocycles. The van der Waals surface area contributed by atoms with Gasteiger partial charge in [0.2, 0.25) is 0 Å². The van der Waals surface area contributed by atoms with Crippen molar-refractivity contribution >= 4 is 34.1 Å². The number of anilines is 6. The maximum absolute atomic E-state index is 2.22. The summed E-state index contributed by atoms with van der Waals surface area (Å²) in [6.45, 7) is 86.8. The first-order valence-electron chi connectivity index (χ1n) is 43.9. The van der Waals surface area contributed by atoms with Crippen molar-refractivity contribution in [1.29, 1.82) is 0 Å². The summed E-state index contributed by atoms with van der Waals surface area (Å²) in [5.74, 6) is 0. The first kappa shape index (κ1) is 154. The number of nitrogens with zero attached hydrogens (tertiary/aromatic N) is 6. The van der Waals surface area contributed by atoms with Gasteiger partial charge in [-0.3, -0.25) is 0 Å². The molecule has 0 N–H and O–H groups in total. The SMILES string of the molecule is C.C.C.C.CC.CC.CC.CC.CC.CC.CC.CC.CC.CC.CC.CC.CC.CC.CC(C)(C)C.CCc1cccc(CC)c1N(C)C.CCc1cccc(CC)c1N(C)C.CCc1cccc(CC)c1N(C)C.CCc1cccc(CC)c1N(C)C.CCc1ccccc1N(C)C.CCc1ccccc1N(C)C. The molecule has 0 amide bonds. The van der Waals surface area contributed by atoms with E-state index in [4.69, 9.17) is 0 Å². The van der Waals surface area contributed by atoms with Crippen molar-refractivity contribution in [2.45, 2.75) is 385 Å². The van der Waals surface area contributed by atoms with Gasteiger partial charge in [0.25, 0.3) is 0 Å². The summed E-state index contributed by atoms with van der Waals surface area (Å²) >= 11 is 0. The zero-order chi connectivity index (χ0) is 88.4. The molecule has 0 saturated carbocycles. The van der Waals surface area contributed by atoms with E-state index in [1.807, 2.05) is 194 Å². The molecule has 0 aliphatic rings. The summed E-state index contributed by atoms with van der Waals surface area (Å²) < 4.78 is 0. The molecule has 0 saturated heterocycles. The standard InChI is InChI=1S/4C12H19N.2C10H15N.C5H12.14C2H6.4CH4/c4*1-5-10-8-7-9-11(6-2)12(10)13(3)4;2*1-4-9-7-5-6-8-10(9)11(2)3;1-5(2,3)4;14*1-2;;;;/h4*7-9H,5-6H2,1-4H3;2*5-8H,4H2,1-3H3;1-4H3;14*1-2H3;4*1H4. The number of hydrogen-bond donors (Lipinski definition) is 0. The van der Waals surface area contributed by atoms with Gasteiger partial charge in [-0.2, -0.15) is 0 Å². The number of aryl methyl sites for hydroxylation is 10. The highest BCUT2D eigenvalue weighted by Crippen LogP contribution is 2.28. The normalized spacial score (nSPS) is 7.98. The second-order valence-electron chi connectivity index (χ2n) is 22.9. The summed E-state index contributed by atoms with van der Waals surface area (Å²) in [6, 6.07) is 43.4. The first-order valence-corrected chi connectivity index (χ1v) is 43.9. The van der Waals surface area contributed by atoms with Crippen molar-refractivity contribution in [3.63, 3.8) is 0 Å². The van der Waals surface area contributed by atoms with Crippen LogP contribution in [0.3, 0.4) is 0 Å². The molecule has 0 heterocycles. The lowest BCUT2D eigenvalue weighted by Crippen LogP contribution is -2.13. The van der Waals surface area contributed by atoms with Gasteiger partial charge >= 0.3 is 0 Å². The maximum Gasteiger partial charge on any atom is 0.0425 e. The Hall–Kier alpha value is -5.88. The smallest absolute Gasteiger partial charge is 0.0425 e. The molecule has 0 bridgehead atoms. The Kier molecular flexibility index (Phi) is 166. The third-order valence-corrected chi connectivity index (χ3v) is 13.4. The van der Waals surface area contributed by atoms with E-state index in [0.717, 1.165) is 64.2 Å². The van der Waals surface area contributed by atoms with Crippen LogP contribution in [0.2, 0.25) is 0 Å². The minimum atomic E-state index is 0. The van der Waals surface area contributed by atoms with Crippen molar-refractivity contribution in [2.75, 3.05) is 114 Å². The Bertz CT molecular complexity index is 2160. The highest BCUT2D eigenvalue weighted by molar-refractivity contribution is 5.62. The van der Waals surface area contributed by atoms with Crippen LogP contribution in [0.4, 0.5) is 34.1 Å². The molecular formula is C105H218N6. The second-order valence-corrected chi connectivity index (χ2v) is 22.9. The summed E-state index contributed by atoms with van der Waals surface area (Å²) in [7, 11) is 25.3. The fourth-order valence-corrected chi connectivity index (χ4v) is 9.65. The third-order valence-electron chi connectivity index (χ3n) is 13.4. The maximum atomic E-state index is 2.22. The fourth-order valence-electron chi connectivity index (χ4n) is 9.65. The van der Waals surface area contributed by atoms with Crippen LogP contribution < -0.4 is 29.4 Å². The van der Waals surface area contributed by atoms with Gasteiger partial charge in [0.15, 0.2) is 0 Å². The Labute approximate surface area is 711 Å². The van der Waals surface area contributed by atoms with Crippen LogP contribution in [0.1, 0.15) is 376 Å². The Balaban J connectivity index is -0.0000000496. The molecule has 0 unspecified atom stereocenters. The molecule has 6 rings (SSSR count). The lowest BCUT2D eigenvalue weighted by Gasteiger charge is -2.20. The quantitative estimate of drug-likeness (QED) is 0.0955. The number of para-hydroxylation sites is 6. The van der Waals surface area contributed by atoms with Crippen LogP contribution in [0.25, 0.3) is 0 Å². The van der Waals surface area contributed by atoms with Gasteiger partial charge in [-0.15, -0.1) is 0 Å². The van der Waals surface area contributed by atoms with Crippen LogP contribution in [0.15, 0.2) is 121 Å². The highest BCUT2D eigenvalue weighted by Gasteiger charge is 2.11. The Morgan fingerprint density at radius 2 is 0.270 bits per heavy atom. The lowest BCUT2D eigenvalue weighted by atomic mass is 10.0. The van der Waals surface area contributed by atoms with Crippen LogP contribution in [0.5, 0.6) is 0 Å². The van der Waals surface area contributed by atoms with Crippen LogP contribution in [0, 0.1) is 5.41 Å². The van der Waals surface area contributed by atoms with Crippen LogP contribution >= 0.6 is 0 Å². The summed E-state index contributed by atoms with van der Waals surface area (Å²) in [4.78, 5) is 13.2. The third kappa shape index (κ3) is 80.5. The average Bonchev–Trinajstić information content (AvgIpc) is 0.852. The Morgan fingerprint density at radius 3 is 0.351 bits per heavy atom. The zero-order valence-corrected chi connectivity index (χ0v) is 83.8. The van der Waals surface area contributed by atoms with Gasteiger partial charge in [-0.25, -0.2) is 0 Å². The number of hydrogen-bond acceptors (Lipinski definition) is 6. The van der Waals surface area contributed by atoms with Crippen molar-refractivity contribution in [1.82, 2.24) is 0 Å². The molecule has 0 spiro atoms. The van der Waals surface area contributed by atoms with Gasteiger partial charge in [0.1, 0.15) is 0 Å². The van der Waals surface area contributed by atoms with E-state index < -0.39 is 0 Å². The molecule has 111 heavy (non-hydrogen) atoms. The van der Waals surface area contributed by atoms with Gasteiger partial charge in [-0.05, 0) is 137 Å². The van der Waals surface area contributed by atoms with Crippen LogP contribution in [-0.2, 0) is 64.2 Å². The van der Waals surface area contributed by atoms with Crippen molar-refractivity contribution in [3.8, 4) is 0 Å². The molecule has 0 aliphatic carbocycles. The predicted octanol–water partition coefficient (Wildman–Crippen LogP) is 35.1. The minimum Gasteiger partial charge on any atom is -0.377 e. The monoisotopic (exact) mass is 1560 g/mol. The molecule has 0 radical (unpaired) electrons. The zero-order valence-electron chi connectivity index (χ0n) is 83.8. The highest BCUT2D eigenvalue weighted by atomic mass is 15.1. The largest absolute Gasteiger partial charge is 0.377 e. The topological polar surface area (TPSA) is 19.4 Å². The van der Waals surface area contributed by atoms with Crippen molar-refractivity contribution in [2.24, 2.45) is 5.41 Å². The van der Waals surface area contributed by atoms with Crippen molar-refractivity contribution in [3.05, 3.63) is 177 Å². The molecule has 668 valence electrons. The van der Waals surface area contributed by atoms with E-state index in [9.17, 15) is 0 Å². The Morgan fingerprint density at radius 1 is 0.171 bits per heavy atom. The molecule has 6 aromatic rings. The molecule has 0 fully saturated rings. The second kappa shape index (κ2) is 120. The molecule has 6 heteroatoms. The van der Waals surface area contributed by atoms with Gasteiger partial charge in [-0.1, -0.05) is 430 Å². The summed E-state index contributed by atoms with van der Waals surface area (Å²) in [5, 5.41) is 0. The molecule has 6 aromatic carbocycles.